The Hall–Kier alpha value is -3.06. The third-order valence-electron chi connectivity index (χ3n) is 5.48. The van der Waals surface area contributed by atoms with Crippen LogP contribution in [0.2, 0.25) is 0 Å². The summed E-state index contributed by atoms with van der Waals surface area (Å²) in [6, 6.07) is 31.0. The summed E-state index contributed by atoms with van der Waals surface area (Å²) in [6.07, 6.45) is 1.09. The highest BCUT2D eigenvalue weighted by Gasteiger charge is 2.15. The summed E-state index contributed by atoms with van der Waals surface area (Å²) in [5, 5.41) is 5.21. The third-order valence-corrected chi connectivity index (χ3v) is 5.48. The molecule has 1 nitrogen and oxygen atoms in total. The van der Waals surface area contributed by atoms with Crippen LogP contribution in [0.1, 0.15) is 26.3 Å². The summed E-state index contributed by atoms with van der Waals surface area (Å²) >= 11 is 0. The zero-order valence-electron chi connectivity index (χ0n) is 16.7. The first-order chi connectivity index (χ1) is 13.5. The summed E-state index contributed by atoms with van der Waals surface area (Å²) in [7, 11) is 0. The van der Waals surface area contributed by atoms with E-state index in [1.807, 2.05) is 0 Å². The predicted molar refractivity (Wildman–Crippen MR) is 121 cm³/mol. The van der Waals surface area contributed by atoms with E-state index in [1.165, 1.54) is 43.8 Å². The summed E-state index contributed by atoms with van der Waals surface area (Å²) in [5.41, 5.74) is 5.46. The lowest BCUT2D eigenvalue weighted by molar-refractivity contribution is 0.411. The molecular weight excluding hydrogens is 338 g/mol. The zero-order valence-corrected chi connectivity index (χ0v) is 16.7. The summed E-state index contributed by atoms with van der Waals surface area (Å²) in [5.74, 6) is 0. The molecule has 0 aliphatic carbocycles. The minimum atomic E-state index is 0.290. The molecular formula is C27H25N. The van der Waals surface area contributed by atoms with Crippen molar-refractivity contribution in [3.05, 3.63) is 90.5 Å². The van der Waals surface area contributed by atoms with Gasteiger partial charge in [0.1, 0.15) is 0 Å². The monoisotopic (exact) mass is 363 g/mol. The number of nitrogens with zero attached hydrogens (tertiary/aromatic N) is 1. The lowest BCUT2D eigenvalue weighted by Crippen LogP contribution is -2.09. The standard InChI is InChI=1S/C27H25N/c1-27(2,3)18-19-15-16-21-20(17-19)9-8-14-24(21)28-25-12-6-4-10-22(25)23-11-5-7-13-26(23)28/h4-17H,18H2,1-3H3. The number of hydrogen-bond acceptors (Lipinski definition) is 0. The second-order valence-electron chi connectivity index (χ2n) is 8.94. The van der Waals surface area contributed by atoms with Gasteiger partial charge < -0.3 is 4.57 Å². The van der Waals surface area contributed by atoms with Crippen molar-refractivity contribution in [3.8, 4) is 5.69 Å². The Morgan fingerprint density at radius 2 is 1.29 bits per heavy atom. The fourth-order valence-electron chi connectivity index (χ4n) is 4.42. The first kappa shape index (κ1) is 17.1. The Labute approximate surface area is 166 Å². The Kier molecular flexibility index (Phi) is 3.80. The van der Waals surface area contributed by atoms with Gasteiger partial charge in [-0.25, -0.2) is 0 Å². The maximum absolute atomic E-state index is 2.41. The van der Waals surface area contributed by atoms with Gasteiger partial charge in [-0.05, 0) is 41.0 Å². The maximum Gasteiger partial charge on any atom is 0.0541 e. The number of hydrogen-bond donors (Lipinski definition) is 0. The molecule has 0 aliphatic rings. The molecule has 4 aromatic carbocycles. The molecule has 0 amide bonds. The molecule has 0 aliphatic heterocycles. The van der Waals surface area contributed by atoms with E-state index in [9.17, 15) is 0 Å². The molecule has 5 rings (SSSR count). The molecule has 0 radical (unpaired) electrons. The van der Waals surface area contributed by atoms with Gasteiger partial charge in [-0.2, -0.15) is 0 Å². The van der Waals surface area contributed by atoms with Crippen molar-refractivity contribution in [2.75, 3.05) is 0 Å². The minimum absolute atomic E-state index is 0.290. The summed E-state index contributed by atoms with van der Waals surface area (Å²) in [4.78, 5) is 0. The van der Waals surface area contributed by atoms with Crippen LogP contribution in [0.3, 0.4) is 0 Å². The van der Waals surface area contributed by atoms with Crippen molar-refractivity contribution in [3.63, 3.8) is 0 Å². The van der Waals surface area contributed by atoms with Crippen LogP contribution in [0, 0.1) is 5.41 Å². The maximum atomic E-state index is 2.41. The number of para-hydroxylation sites is 2. The van der Waals surface area contributed by atoms with Gasteiger partial charge in [0.25, 0.3) is 0 Å². The molecule has 0 saturated carbocycles. The quantitative estimate of drug-likeness (QED) is 0.305. The normalized spacial score (nSPS) is 12.2. The first-order valence-electron chi connectivity index (χ1n) is 10.0. The molecule has 1 heteroatoms. The molecule has 0 saturated heterocycles. The molecule has 0 atom stereocenters. The van der Waals surface area contributed by atoms with Gasteiger partial charge in [0, 0.05) is 16.2 Å². The molecule has 138 valence electrons. The largest absolute Gasteiger partial charge is 0.309 e. The molecule has 1 heterocycles. The van der Waals surface area contributed by atoms with E-state index in [2.05, 4.69) is 110 Å². The van der Waals surface area contributed by atoms with Crippen LogP contribution in [-0.2, 0) is 6.42 Å². The number of benzene rings is 4. The molecule has 5 aromatic rings. The SMILES string of the molecule is CC(C)(C)Cc1ccc2c(-n3c4ccccc4c4ccccc43)cccc2c1. The minimum Gasteiger partial charge on any atom is -0.309 e. The van der Waals surface area contributed by atoms with Gasteiger partial charge in [-0.15, -0.1) is 0 Å². The summed E-state index contributed by atoms with van der Waals surface area (Å²) in [6.45, 7) is 6.89. The van der Waals surface area contributed by atoms with Crippen LogP contribution in [0.15, 0.2) is 84.9 Å². The van der Waals surface area contributed by atoms with E-state index in [-0.39, 0.29) is 5.41 Å². The Morgan fingerprint density at radius 1 is 0.643 bits per heavy atom. The van der Waals surface area contributed by atoms with Crippen molar-refractivity contribution < 1.29 is 0 Å². The van der Waals surface area contributed by atoms with Crippen molar-refractivity contribution in [2.24, 2.45) is 5.41 Å². The smallest absolute Gasteiger partial charge is 0.0541 e. The number of fused-ring (bicyclic) bond motifs is 4. The molecule has 0 spiro atoms. The molecule has 1 aromatic heterocycles. The molecule has 0 fully saturated rings. The van der Waals surface area contributed by atoms with Crippen LogP contribution in [0.4, 0.5) is 0 Å². The van der Waals surface area contributed by atoms with Crippen molar-refractivity contribution >= 4 is 32.6 Å². The Bertz CT molecular complexity index is 1260. The van der Waals surface area contributed by atoms with Gasteiger partial charge in [0.05, 0.1) is 16.7 Å². The van der Waals surface area contributed by atoms with Gasteiger partial charge in [0.15, 0.2) is 0 Å². The molecule has 28 heavy (non-hydrogen) atoms. The number of aromatic nitrogens is 1. The Balaban J connectivity index is 1.80. The van der Waals surface area contributed by atoms with E-state index in [0.717, 1.165) is 6.42 Å². The fraction of sp³-hybridized carbons (Fsp3) is 0.185. The van der Waals surface area contributed by atoms with Crippen molar-refractivity contribution in [2.45, 2.75) is 27.2 Å². The van der Waals surface area contributed by atoms with Crippen molar-refractivity contribution in [1.82, 2.24) is 4.57 Å². The Morgan fingerprint density at radius 3 is 1.93 bits per heavy atom. The van der Waals surface area contributed by atoms with Gasteiger partial charge in [-0.1, -0.05) is 87.5 Å². The van der Waals surface area contributed by atoms with Crippen LogP contribution in [0.25, 0.3) is 38.3 Å². The van der Waals surface area contributed by atoms with E-state index in [4.69, 9.17) is 0 Å². The number of rotatable bonds is 2. The average Bonchev–Trinajstić information content (AvgIpc) is 3.00. The highest BCUT2D eigenvalue weighted by Crippen LogP contribution is 2.35. The van der Waals surface area contributed by atoms with E-state index in [1.54, 1.807) is 0 Å². The highest BCUT2D eigenvalue weighted by molar-refractivity contribution is 6.10. The average molecular weight is 364 g/mol. The highest BCUT2D eigenvalue weighted by atomic mass is 15.0. The van der Waals surface area contributed by atoms with E-state index >= 15 is 0 Å². The molecule has 0 bridgehead atoms. The second kappa shape index (κ2) is 6.24. The lowest BCUT2D eigenvalue weighted by Gasteiger charge is -2.19. The third kappa shape index (κ3) is 2.79. The molecule has 0 N–H and O–H groups in total. The van der Waals surface area contributed by atoms with Crippen LogP contribution < -0.4 is 0 Å². The molecule has 0 unspecified atom stereocenters. The van der Waals surface area contributed by atoms with E-state index < -0.39 is 0 Å². The van der Waals surface area contributed by atoms with Gasteiger partial charge >= 0.3 is 0 Å². The topological polar surface area (TPSA) is 4.93 Å². The van der Waals surface area contributed by atoms with Gasteiger partial charge in [-0.3, -0.25) is 0 Å². The fourth-order valence-corrected chi connectivity index (χ4v) is 4.42. The van der Waals surface area contributed by atoms with Gasteiger partial charge in [0.2, 0.25) is 0 Å². The zero-order chi connectivity index (χ0) is 19.3. The lowest BCUT2D eigenvalue weighted by atomic mass is 9.87. The van der Waals surface area contributed by atoms with Crippen LogP contribution in [0.5, 0.6) is 0 Å². The van der Waals surface area contributed by atoms with Crippen LogP contribution in [-0.4, -0.2) is 4.57 Å². The van der Waals surface area contributed by atoms with Crippen molar-refractivity contribution in [1.29, 1.82) is 0 Å². The van der Waals surface area contributed by atoms with E-state index in [0.29, 0.717) is 0 Å². The second-order valence-corrected chi connectivity index (χ2v) is 8.94. The van der Waals surface area contributed by atoms with Crippen LogP contribution >= 0.6 is 0 Å². The predicted octanol–water partition coefficient (Wildman–Crippen LogP) is 7.53. The summed E-state index contributed by atoms with van der Waals surface area (Å²) < 4.78 is 2.41. The first-order valence-corrected chi connectivity index (χ1v) is 10.0.